The van der Waals surface area contributed by atoms with Gasteiger partial charge in [0.05, 0.1) is 17.0 Å². The van der Waals surface area contributed by atoms with Crippen LogP contribution in [0.1, 0.15) is 18.0 Å². The first-order valence-corrected chi connectivity index (χ1v) is 10.9. The van der Waals surface area contributed by atoms with E-state index in [9.17, 15) is 22.4 Å². The third-order valence-electron chi connectivity index (χ3n) is 5.29. The first kappa shape index (κ1) is 21.5. The number of halogens is 1. The maximum Gasteiger partial charge on any atom is 0.305 e. The molecular weight excluding hydrogens is 439 g/mol. The molecule has 0 amide bonds. The summed E-state index contributed by atoms with van der Waals surface area (Å²) in [4.78, 5) is 29.0. The van der Waals surface area contributed by atoms with Crippen LogP contribution in [0.15, 0.2) is 58.4 Å². The molecular formula is C21H19FN4O5S. The average Bonchev–Trinajstić information content (AvgIpc) is 3.19. The minimum Gasteiger partial charge on any atom is -0.481 e. The second-order valence-electron chi connectivity index (χ2n) is 7.31. The molecule has 2 aromatic heterocycles. The summed E-state index contributed by atoms with van der Waals surface area (Å²) < 4.78 is 40.7. The molecule has 4 aromatic rings. The highest BCUT2D eigenvalue weighted by Crippen LogP contribution is 2.32. The van der Waals surface area contributed by atoms with E-state index in [1.807, 2.05) is 0 Å². The second kappa shape index (κ2) is 7.77. The van der Waals surface area contributed by atoms with Crippen LogP contribution in [0, 0.1) is 5.82 Å². The molecule has 0 saturated carbocycles. The number of hydrogen-bond donors (Lipinski definition) is 4. The predicted octanol–water partition coefficient (Wildman–Crippen LogP) is 2.45. The molecule has 9 nitrogen and oxygen atoms in total. The Hall–Kier alpha value is -3.70. The van der Waals surface area contributed by atoms with Gasteiger partial charge in [0.15, 0.2) is 0 Å². The molecule has 0 radical (unpaired) electrons. The summed E-state index contributed by atoms with van der Waals surface area (Å²) in [6.45, 7) is 0. The number of aliphatic carboxylic acids is 1. The van der Waals surface area contributed by atoms with Gasteiger partial charge in [-0.25, -0.2) is 12.8 Å². The van der Waals surface area contributed by atoms with Gasteiger partial charge in [0.1, 0.15) is 11.3 Å². The SMILES string of the molecule is CN(c1ccc(F)cc1)S(=O)(=O)c1ccc2[nH]c(=O)c3[nH]cc(C(N)CC(=O)O)c3c2c1. The van der Waals surface area contributed by atoms with Gasteiger partial charge in [-0.3, -0.25) is 13.9 Å². The first-order valence-electron chi connectivity index (χ1n) is 9.48. The lowest BCUT2D eigenvalue weighted by Gasteiger charge is -2.20. The van der Waals surface area contributed by atoms with E-state index < -0.39 is 33.4 Å². The Kier molecular flexibility index (Phi) is 5.23. The summed E-state index contributed by atoms with van der Waals surface area (Å²) >= 11 is 0. The van der Waals surface area contributed by atoms with Crippen molar-refractivity contribution in [2.45, 2.75) is 17.4 Å². The topological polar surface area (TPSA) is 149 Å². The van der Waals surface area contributed by atoms with Crippen LogP contribution in [0.2, 0.25) is 0 Å². The Bertz CT molecular complexity index is 1510. The van der Waals surface area contributed by atoms with Gasteiger partial charge in [-0.2, -0.15) is 0 Å². The fourth-order valence-electron chi connectivity index (χ4n) is 3.63. The number of anilines is 1. The molecule has 2 heterocycles. The van der Waals surface area contributed by atoms with E-state index in [2.05, 4.69) is 9.97 Å². The number of H-pyrrole nitrogens is 2. The van der Waals surface area contributed by atoms with Crippen molar-refractivity contribution in [3.63, 3.8) is 0 Å². The molecule has 0 saturated heterocycles. The smallest absolute Gasteiger partial charge is 0.305 e. The standard InChI is InChI=1S/C21H19FN4O5S/c1-26(12-4-2-11(22)3-5-12)32(30,31)13-6-7-17-14(8-13)19-15(16(23)9-18(27)28)10-24-20(19)21(29)25-17/h2-8,10,16,24H,9,23H2,1H3,(H,25,29)(H,27,28). The molecule has 1 unspecified atom stereocenters. The minimum atomic E-state index is -4.03. The third kappa shape index (κ3) is 3.61. The van der Waals surface area contributed by atoms with Gasteiger partial charge in [0.2, 0.25) is 0 Å². The number of aromatic amines is 2. The van der Waals surface area contributed by atoms with Crippen molar-refractivity contribution in [1.29, 1.82) is 0 Å². The zero-order chi connectivity index (χ0) is 23.2. The second-order valence-corrected chi connectivity index (χ2v) is 9.28. The van der Waals surface area contributed by atoms with Crippen LogP contribution in [-0.2, 0) is 14.8 Å². The summed E-state index contributed by atoms with van der Waals surface area (Å²) in [5.74, 6) is -1.60. The summed E-state index contributed by atoms with van der Waals surface area (Å²) in [6, 6.07) is 8.31. The number of fused-ring (bicyclic) bond motifs is 3. The first-order chi connectivity index (χ1) is 15.1. The Morgan fingerprint density at radius 1 is 1.22 bits per heavy atom. The molecule has 166 valence electrons. The molecule has 0 spiro atoms. The van der Waals surface area contributed by atoms with Crippen LogP contribution in [0.3, 0.4) is 0 Å². The third-order valence-corrected chi connectivity index (χ3v) is 7.07. The predicted molar refractivity (Wildman–Crippen MR) is 118 cm³/mol. The number of carboxylic acids is 1. The Balaban J connectivity index is 1.91. The number of hydrogen-bond acceptors (Lipinski definition) is 5. The Labute approximate surface area is 181 Å². The molecule has 2 aromatic carbocycles. The van der Waals surface area contributed by atoms with Gasteiger partial charge in [0, 0.05) is 35.6 Å². The van der Waals surface area contributed by atoms with Crippen LogP contribution < -0.4 is 15.6 Å². The number of nitrogens with one attached hydrogen (secondary N) is 2. The molecule has 11 heteroatoms. The zero-order valence-corrected chi connectivity index (χ0v) is 17.6. The normalized spacial score (nSPS) is 12.8. The van der Waals surface area contributed by atoms with Crippen molar-refractivity contribution in [2.75, 3.05) is 11.4 Å². The number of benzene rings is 2. The van der Waals surface area contributed by atoms with E-state index in [1.54, 1.807) is 0 Å². The highest BCUT2D eigenvalue weighted by atomic mass is 32.2. The Morgan fingerprint density at radius 2 is 1.91 bits per heavy atom. The summed E-state index contributed by atoms with van der Waals surface area (Å²) in [5.41, 5.74) is 6.78. The van der Waals surface area contributed by atoms with Crippen LogP contribution in [0.5, 0.6) is 0 Å². The van der Waals surface area contributed by atoms with Crippen LogP contribution >= 0.6 is 0 Å². The summed E-state index contributed by atoms with van der Waals surface area (Å²) in [7, 11) is -2.68. The van der Waals surface area contributed by atoms with Crippen molar-refractivity contribution < 1.29 is 22.7 Å². The van der Waals surface area contributed by atoms with E-state index in [-0.39, 0.29) is 22.5 Å². The minimum absolute atomic E-state index is 0.0656. The van der Waals surface area contributed by atoms with Gasteiger partial charge < -0.3 is 20.8 Å². The molecule has 32 heavy (non-hydrogen) atoms. The molecule has 0 aliphatic carbocycles. The van der Waals surface area contributed by atoms with Crippen molar-refractivity contribution >= 4 is 43.5 Å². The summed E-state index contributed by atoms with van der Waals surface area (Å²) in [5, 5.41) is 9.85. The van der Waals surface area contributed by atoms with Gasteiger partial charge in [-0.1, -0.05) is 0 Å². The average molecular weight is 458 g/mol. The van der Waals surface area contributed by atoms with E-state index >= 15 is 0 Å². The number of carbonyl (C=O) groups is 1. The van der Waals surface area contributed by atoms with Crippen molar-refractivity contribution in [3.8, 4) is 0 Å². The maximum absolute atomic E-state index is 13.2. The molecule has 4 rings (SSSR count). The van der Waals surface area contributed by atoms with Crippen molar-refractivity contribution in [2.24, 2.45) is 5.73 Å². The molecule has 0 aliphatic rings. The van der Waals surface area contributed by atoms with Gasteiger partial charge in [-0.15, -0.1) is 0 Å². The number of carboxylic acid groups (broad SMARTS) is 1. The highest BCUT2D eigenvalue weighted by Gasteiger charge is 2.24. The zero-order valence-electron chi connectivity index (χ0n) is 16.8. The number of rotatable bonds is 6. The molecule has 5 N–H and O–H groups in total. The van der Waals surface area contributed by atoms with E-state index in [0.717, 1.165) is 16.4 Å². The van der Waals surface area contributed by atoms with Crippen LogP contribution in [0.4, 0.5) is 10.1 Å². The van der Waals surface area contributed by atoms with E-state index in [4.69, 9.17) is 10.8 Å². The lowest BCUT2D eigenvalue weighted by Crippen LogP contribution is -2.26. The Morgan fingerprint density at radius 3 is 2.56 bits per heavy atom. The number of nitrogens with zero attached hydrogens (tertiary/aromatic N) is 1. The fourth-order valence-corrected chi connectivity index (χ4v) is 4.85. The van der Waals surface area contributed by atoms with Crippen molar-refractivity contribution in [3.05, 3.63) is 70.4 Å². The molecule has 0 fully saturated rings. The fraction of sp³-hybridized carbons (Fsp3) is 0.143. The van der Waals surface area contributed by atoms with Crippen molar-refractivity contribution in [1.82, 2.24) is 9.97 Å². The number of pyridine rings is 1. The maximum atomic E-state index is 13.2. The number of nitrogens with two attached hydrogens (primary N) is 1. The molecule has 0 bridgehead atoms. The van der Waals surface area contributed by atoms with E-state index in [1.165, 1.54) is 43.6 Å². The summed E-state index contributed by atoms with van der Waals surface area (Å²) in [6.07, 6.45) is 1.09. The lowest BCUT2D eigenvalue weighted by atomic mass is 10.0. The number of sulfonamides is 1. The highest BCUT2D eigenvalue weighted by molar-refractivity contribution is 7.92. The monoisotopic (exact) mass is 458 g/mol. The van der Waals surface area contributed by atoms with E-state index in [0.29, 0.717) is 21.9 Å². The largest absolute Gasteiger partial charge is 0.481 e. The van der Waals surface area contributed by atoms with Crippen LogP contribution in [-0.4, -0.2) is 36.5 Å². The molecule has 1 atom stereocenters. The van der Waals surface area contributed by atoms with Gasteiger partial charge >= 0.3 is 5.97 Å². The van der Waals surface area contributed by atoms with Gasteiger partial charge in [-0.05, 0) is 48.0 Å². The molecule has 0 aliphatic heterocycles. The van der Waals surface area contributed by atoms with Gasteiger partial charge in [0.25, 0.3) is 15.6 Å². The lowest BCUT2D eigenvalue weighted by molar-refractivity contribution is -0.137. The van der Waals surface area contributed by atoms with Crippen LogP contribution in [0.25, 0.3) is 21.8 Å². The number of aromatic nitrogens is 2. The quantitative estimate of drug-likeness (QED) is 0.349.